The Kier molecular flexibility index (Phi) is 4.06. The molecule has 0 unspecified atom stereocenters. The van der Waals surface area contributed by atoms with Crippen molar-refractivity contribution in [3.63, 3.8) is 0 Å². The molecule has 0 aliphatic heterocycles. The Bertz CT molecular complexity index is 164. The number of carbonyl (C=O) groups excluding carboxylic acids is 1. The molecular weight excluding hydrogens is 166 g/mol. The minimum atomic E-state index is -0.224. The summed E-state index contributed by atoms with van der Waals surface area (Å²) < 4.78 is 4.61. The highest BCUT2D eigenvalue weighted by atomic mass is 16.5. The molecule has 1 aliphatic carbocycles. The minimum Gasteiger partial charge on any atom is -0.453 e. The second-order valence-corrected chi connectivity index (χ2v) is 3.83. The van der Waals surface area contributed by atoms with Gasteiger partial charge in [-0.1, -0.05) is 25.7 Å². The smallest absolute Gasteiger partial charge is 0.409 e. The van der Waals surface area contributed by atoms with E-state index in [2.05, 4.69) is 4.74 Å². The van der Waals surface area contributed by atoms with Crippen molar-refractivity contribution in [3.05, 3.63) is 0 Å². The first-order valence-electron chi connectivity index (χ1n) is 5.03. The topological polar surface area (TPSA) is 29.5 Å². The van der Waals surface area contributed by atoms with Crippen molar-refractivity contribution < 1.29 is 9.53 Å². The Morgan fingerprint density at radius 2 is 2.08 bits per heavy atom. The average Bonchev–Trinajstić information content (AvgIpc) is 2.65. The van der Waals surface area contributed by atoms with Gasteiger partial charge in [0.2, 0.25) is 0 Å². The van der Waals surface area contributed by atoms with Gasteiger partial charge in [-0.15, -0.1) is 0 Å². The van der Waals surface area contributed by atoms with E-state index in [1.807, 2.05) is 0 Å². The van der Waals surface area contributed by atoms with Crippen molar-refractivity contribution in [2.75, 3.05) is 20.7 Å². The van der Waals surface area contributed by atoms with Crippen LogP contribution >= 0.6 is 0 Å². The normalized spacial score (nSPS) is 17.4. The Balaban J connectivity index is 2.13. The molecule has 0 saturated heterocycles. The molecule has 13 heavy (non-hydrogen) atoms. The van der Waals surface area contributed by atoms with Crippen molar-refractivity contribution in [1.29, 1.82) is 0 Å². The van der Waals surface area contributed by atoms with Crippen LogP contribution in [0.1, 0.15) is 32.1 Å². The number of rotatable bonds is 3. The number of hydrogen-bond acceptors (Lipinski definition) is 2. The van der Waals surface area contributed by atoms with E-state index in [0.717, 1.165) is 18.9 Å². The summed E-state index contributed by atoms with van der Waals surface area (Å²) in [5, 5.41) is 0. The van der Waals surface area contributed by atoms with Gasteiger partial charge in [-0.05, 0) is 12.3 Å². The molecule has 1 amide bonds. The van der Waals surface area contributed by atoms with Crippen molar-refractivity contribution in [2.45, 2.75) is 32.1 Å². The molecule has 0 aromatic carbocycles. The van der Waals surface area contributed by atoms with Crippen LogP contribution in [-0.2, 0) is 4.74 Å². The number of methoxy groups -OCH3 is 1. The predicted octanol–water partition coefficient (Wildman–Crippen LogP) is 2.26. The van der Waals surface area contributed by atoms with Crippen LogP contribution in [-0.4, -0.2) is 31.7 Å². The fourth-order valence-electron chi connectivity index (χ4n) is 1.92. The third kappa shape index (κ3) is 3.25. The van der Waals surface area contributed by atoms with E-state index in [4.69, 9.17) is 0 Å². The molecular formula is C10H19NO2. The van der Waals surface area contributed by atoms with Gasteiger partial charge in [-0.25, -0.2) is 4.79 Å². The van der Waals surface area contributed by atoms with Crippen LogP contribution < -0.4 is 0 Å². The fourth-order valence-corrected chi connectivity index (χ4v) is 1.92. The number of hydrogen-bond donors (Lipinski definition) is 0. The van der Waals surface area contributed by atoms with Gasteiger partial charge in [0, 0.05) is 13.6 Å². The summed E-state index contributed by atoms with van der Waals surface area (Å²) in [5.74, 6) is 0.840. The maximum absolute atomic E-state index is 11.0. The summed E-state index contributed by atoms with van der Waals surface area (Å²) in [7, 11) is 3.22. The van der Waals surface area contributed by atoms with Crippen molar-refractivity contribution in [1.82, 2.24) is 4.90 Å². The highest BCUT2D eigenvalue weighted by Crippen LogP contribution is 2.27. The lowest BCUT2D eigenvalue weighted by Gasteiger charge is -2.17. The van der Waals surface area contributed by atoms with Gasteiger partial charge in [0.25, 0.3) is 0 Å². The van der Waals surface area contributed by atoms with Gasteiger partial charge >= 0.3 is 6.09 Å². The van der Waals surface area contributed by atoms with E-state index in [0.29, 0.717) is 0 Å². The quantitative estimate of drug-likeness (QED) is 0.675. The molecule has 0 aromatic heterocycles. The Morgan fingerprint density at radius 1 is 1.46 bits per heavy atom. The summed E-state index contributed by atoms with van der Waals surface area (Å²) in [5.41, 5.74) is 0. The maximum Gasteiger partial charge on any atom is 0.409 e. The van der Waals surface area contributed by atoms with Crippen LogP contribution in [0.4, 0.5) is 4.79 Å². The van der Waals surface area contributed by atoms with Gasteiger partial charge in [-0.3, -0.25) is 0 Å². The zero-order valence-corrected chi connectivity index (χ0v) is 8.58. The number of carbonyl (C=O) groups is 1. The lowest BCUT2D eigenvalue weighted by molar-refractivity contribution is 0.131. The monoisotopic (exact) mass is 185 g/mol. The SMILES string of the molecule is COC(=O)N(C)CCC1CCCC1. The van der Waals surface area contributed by atoms with Crippen LogP contribution in [0, 0.1) is 5.92 Å². The molecule has 76 valence electrons. The molecule has 0 atom stereocenters. The molecule has 3 heteroatoms. The second kappa shape index (κ2) is 5.10. The average molecular weight is 185 g/mol. The molecule has 1 fully saturated rings. The van der Waals surface area contributed by atoms with Crippen molar-refractivity contribution in [3.8, 4) is 0 Å². The Morgan fingerprint density at radius 3 is 2.62 bits per heavy atom. The maximum atomic E-state index is 11.0. The molecule has 1 saturated carbocycles. The Labute approximate surface area is 80.1 Å². The van der Waals surface area contributed by atoms with E-state index < -0.39 is 0 Å². The first-order valence-corrected chi connectivity index (χ1v) is 5.03. The van der Waals surface area contributed by atoms with E-state index >= 15 is 0 Å². The van der Waals surface area contributed by atoms with Gasteiger partial charge in [-0.2, -0.15) is 0 Å². The summed E-state index contributed by atoms with van der Waals surface area (Å²) in [4.78, 5) is 12.7. The largest absolute Gasteiger partial charge is 0.453 e. The Hall–Kier alpha value is -0.730. The highest BCUT2D eigenvalue weighted by molar-refractivity contribution is 5.66. The van der Waals surface area contributed by atoms with Gasteiger partial charge in [0.05, 0.1) is 7.11 Å². The minimum absolute atomic E-state index is 0.224. The summed E-state index contributed by atoms with van der Waals surface area (Å²) in [6, 6.07) is 0. The summed E-state index contributed by atoms with van der Waals surface area (Å²) in [6.07, 6.45) is 6.33. The molecule has 0 bridgehead atoms. The van der Waals surface area contributed by atoms with Crippen LogP contribution in [0.3, 0.4) is 0 Å². The highest BCUT2D eigenvalue weighted by Gasteiger charge is 2.16. The van der Waals surface area contributed by atoms with E-state index in [1.165, 1.54) is 32.8 Å². The number of ether oxygens (including phenoxy) is 1. The molecule has 1 rings (SSSR count). The lowest BCUT2D eigenvalue weighted by Crippen LogP contribution is -2.28. The third-order valence-corrected chi connectivity index (χ3v) is 2.83. The van der Waals surface area contributed by atoms with Crippen LogP contribution in [0.15, 0.2) is 0 Å². The zero-order chi connectivity index (χ0) is 9.68. The van der Waals surface area contributed by atoms with Crippen LogP contribution in [0.2, 0.25) is 0 Å². The van der Waals surface area contributed by atoms with E-state index in [9.17, 15) is 4.79 Å². The molecule has 0 spiro atoms. The van der Waals surface area contributed by atoms with Crippen LogP contribution in [0.5, 0.6) is 0 Å². The summed E-state index contributed by atoms with van der Waals surface area (Å²) >= 11 is 0. The standard InChI is InChI=1S/C10H19NO2/c1-11(10(12)13-2)8-7-9-5-3-4-6-9/h9H,3-8H2,1-2H3. The van der Waals surface area contributed by atoms with Crippen molar-refractivity contribution >= 4 is 6.09 Å². The number of amides is 1. The van der Waals surface area contributed by atoms with Crippen LogP contribution in [0.25, 0.3) is 0 Å². The summed E-state index contributed by atoms with van der Waals surface area (Å²) in [6.45, 7) is 0.831. The first kappa shape index (κ1) is 10.4. The fraction of sp³-hybridized carbons (Fsp3) is 0.900. The first-order chi connectivity index (χ1) is 6.24. The predicted molar refractivity (Wildman–Crippen MR) is 51.6 cm³/mol. The number of nitrogens with zero attached hydrogens (tertiary/aromatic N) is 1. The van der Waals surface area contributed by atoms with Gasteiger partial charge in [0.15, 0.2) is 0 Å². The lowest BCUT2D eigenvalue weighted by atomic mass is 10.0. The van der Waals surface area contributed by atoms with Gasteiger partial charge in [0.1, 0.15) is 0 Å². The third-order valence-electron chi connectivity index (χ3n) is 2.83. The molecule has 0 radical (unpaired) electrons. The molecule has 3 nitrogen and oxygen atoms in total. The zero-order valence-electron chi connectivity index (χ0n) is 8.58. The second-order valence-electron chi connectivity index (χ2n) is 3.83. The van der Waals surface area contributed by atoms with Gasteiger partial charge < -0.3 is 9.64 Å². The molecule has 0 heterocycles. The molecule has 0 N–H and O–H groups in total. The van der Waals surface area contributed by atoms with E-state index in [1.54, 1.807) is 11.9 Å². The molecule has 0 aromatic rings. The van der Waals surface area contributed by atoms with E-state index in [-0.39, 0.29) is 6.09 Å². The molecule has 1 aliphatic rings. The van der Waals surface area contributed by atoms with Crippen molar-refractivity contribution in [2.24, 2.45) is 5.92 Å².